The number of hydrogen-bond donors (Lipinski definition) is 2. The predicted octanol–water partition coefficient (Wildman–Crippen LogP) is 1.24. The maximum absolute atomic E-state index is 13.3. The van der Waals surface area contributed by atoms with Gasteiger partial charge in [0.2, 0.25) is 0 Å². The minimum atomic E-state index is -0.332. The second-order valence-corrected chi connectivity index (χ2v) is 5.17. The Bertz CT molecular complexity index is 480. The monoisotopic (exact) mass is 277 g/mol. The molecule has 0 amide bonds. The molecule has 1 saturated heterocycles. The summed E-state index contributed by atoms with van der Waals surface area (Å²) in [5, 5.41) is 21.7. The Morgan fingerprint density at radius 2 is 2.35 bits per heavy atom. The lowest BCUT2D eigenvalue weighted by molar-refractivity contribution is 0.179. The third kappa shape index (κ3) is 4.01. The van der Waals surface area contributed by atoms with Gasteiger partial charge in [-0.05, 0) is 43.1 Å². The lowest BCUT2D eigenvalue weighted by Crippen LogP contribution is -2.38. The third-order valence-corrected chi connectivity index (χ3v) is 3.64. The van der Waals surface area contributed by atoms with Crippen LogP contribution in [0.25, 0.3) is 0 Å². The largest absolute Gasteiger partial charge is 0.395 e. The molecule has 1 aliphatic rings. The van der Waals surface area contributed by atoms with E-state index in [1.807, 2.05) is 0 Å². The van der Waals surface area contributed by atoms with Crippen LogP contribution < -0.4 is 5.32 Å². The van der Waals surface area contributed by atoms with Gasteiger partial charge in [0.25, 0.3) is 0 Å². The van der Waals surface area contributed by atoms with E-state index in [1.165, 1.54) is 24.6 Å². The Morgan fingerprint density at radius 1 is 1.50 bits per heavy atom. The van der Waals surface area contributed by atoms with Crippen LogP contribution in [0.1, 0.15) is 24.0 Å². The molecule has 2 rings (SSSR count). The summed E-state index contributed by atoms with van der Waals surface area (Å²) in [5.41, 5.74) is 1.17. The third-order valence-electron chi connectivity index (χ3n) is 3.64. The van der Waals surface area contributed by atoms with Crippen LogP contribution in [0.3, 0.4) is 0 Å². The van der Waals surface area contributed by atoms with Crippen molar-refractivity contribution in [2.45, 2.75) is 25.4 Å². The number of rotatable bonds is 6. The highest BCUT2D eigenvalue weighted by molar-refractivity contribution is 5.37. The van der Waals surface area contributed by atoms with Crippen molar-refractivity contribution in [3.8, 4) is 6.07 Å². The first-order chi connectivity index (χ1) is 9.72. The Labute approximate surface area is 118 Å². The maximum atomic E-state index is 13.3. The van der Waals surface area contributed by atoms with Gasteiger partial charge in [-0.25, -0.2) is 4.39 Å². The highest BCUT2D eigenvalue weighted by Crippen LogP contribution is 2.15. The molecule has 1 atom stereocenters. The van der Waals surface area contributed by atoms with Gasteiger partial charge >= 0.3 is 0 Å². The number of benzene rings is 1. The van der Waals surface area contributed by atoms with Crippen LogP contribution >= 0.6 is 0 Å². The molecule has 4 nitrogen and oxygen atoms in total. The topological polar surface area (TPSA) is 59.3 Å². The van der Waals surface area contributed by atoms with Crippen LogP contribution in [0.2, 0.25) is 0 Å². The molecule has 2 N–H and O–H groups in total. The molecule has 1 aromatic carbocycles. The first-order valence-electron chi connectivity index (χ1n) is 6.98. The van der Waals surface area contributed by atoms with Crippen molar-refractivity contribution in [3.63, 3.8) is 0 Å². The SMILES string of the molecule is N#Cc1ccc(F)cc1CN(CCO)CC1CCCN1. The molecule has 20 heavy (non-hydrogen) atoms. The van der Waals surface area contributed by atoms with Gasteiger partial charge in [-0.2, -0.15) is 5.26 Å². The van der Waals surface area contributed by atoms with Gasteiger partial charge < -0.3 is 10.4 Å². The fourth-order valence-electron chi connectivity index (χ4n) is 2.64. The van der Waals surface area contributed by atoms with E-state index in [9.17, 15) is 4.39 Å². The number of nitriles is 1. The summed E-state index contributed by atoms with van der Waals surface area (Å²) in [6.45, 7) is 2.91. The van der Waals surface area contributed by atoms with Crippen LogP contribution in [-0.2, 0) is 6.54 Å². The number of hydrogen-bond acceptors (Lipinski definition) is 4. The summed E-state index contributed by atoms with van der Waals surface area (Å²) >= 11 is 0. The van der Waals surface area contributed by atoms with E-state index in [-0.39, 0.29) is 12.4 Å². The van der Waals surface area contributed by atoms with Gasteiger partial charge in [-0.15, -0.1) is 0 Å². The van der Waals surface area contributed by atoms with Crippen molar-refractivity contribution in [1.82, 2.24) is 10.2 Å². The minimum Gasteiger partial charge on any atom is -0.395 e. The van der Waals surface area contributed by atoms with E-state index in [0.29, 0.717) is 30.3 Å². The van der Waals surface area contributed by atoms with E-state index in [0.717, 1.165) is 19.5 Å². The highest BCUT2D eigenvalue weighted by Gasteiger charge is 2.18. The second kappa shape index (κ2) is 7.34. The molecule has 1 heterocycles. The molecule has 0 saturated carbocycles. The lowest BCUT2D eigenvalue weighted by atomic mass is 10.1. The van der Waals surface area contributed by atoms with Gasteiger partial charge in [0, 0.05) is 25.7 Å². The number of aliphatic hydroxyl groups is 1. The molecular formula is C15H20FN3O. The van der Waals surface area contributed by atoms with E-state index in [2.05, 4.69) is 16.3 Å². The van der Waals surface area contributed by atoms with Crippen molar-refractivity contribution in [2.24, 2.45) is 0 Å². The molecule has 0 aromatic heterocycles. The smallest absolute Gasteiger partial charge is 0.123 e. The number of aliphatic hydroxyl groups excluding tert-OH is 1. The van der Waals surface area contributed by atoms with Gasteiger partial charge in [-0.1, -0.05) is 0 Å². The molecular weight excluding hydrogens is 257 g/mol. The average Bonchev–Trinajstić information content (AvgIpc) is 2.92. The van der Waals surface area contributed by atoms with Gasteiger partial charge in [0.15, 0.2) is 0 Å². The normalized spacial score (nSPS) is 18.4. The first kappa shape index (κ1) is 14.9. The van der Waals surface area contributed by atoms with E-state index in [1.54, 1.807) is 0 Å². The Balaban J connectivity index is 2.06. The molecule has 0 aliphatic carbocycles. The fraction of sp³-hybridized carbons (Fsp3) is 0.533. The number of halogens is 1. The van der Waals surface area contributed by atoms with E-state index in [4.69, 9.17) is 10.4 Å². The standard InChI is InChI=1S/C15H20FN3O/c16-14-4-3-12(9-17)13(8-14)10-19(6-7-20)11-15-2-1-5-18-15/h3-4,8,15,18,20H,1-2,5-7,10-11H2. The molecule has 108 valence electrons. The Hall–Kier alpha value is -1.48. The quantitative estimate of drug-likeness (QED) is 0.821. The zero-order valence-electron chi connectivity index (χ0n) is 11.5. The van der Waals surface area contributed by atoms with Crippen molar-refractivity contribution >= 4 is 0 Å². The number of nitrogens with zero attached hydrogens (tertiary/aromatic N) is 2. The van der Waals surface area contributed by atoms with E-state index < -0.39 is 0 Å². The summed E-state index contributed by atoms with van der Waals surface area (Å²) in [4.78, 5) is 2.07. The van der Waals surface area contributed by atoms with Gasteiger partial charge in [0.1, 0.15) is 5.82 Å². The molecule has 0 spiro atoms. The lowest BCUT2D eigenvalue weighted by Gasteiger charge is -2.25. The summed E-state index contributed by atoms with van der Waals surface area (Å²) in [5.74, 6) is -0.332. The number of nitrogens with one attached hydrogen (secondary N) is 1. The molecule has 1 fully saturated rings. The minimum absolute atomic E-state index is 0.0594. The highest BCUT2D eigenvalue weighted by atomic mass is 19.1. The maximum Gasteiger partial charge on any atom is 0.123 e. The van der Waals surface area contributed by atoms with Crippen molar-refractivity contribution in [3.05, 3.63) is 35.1 Å². The average molecular weight is 277 g/mol. The summed E-state index contributed by atoms with van der Waals surface area (Å²) in [6.07, 6.45) is 2.29. The summed E-state index contributed by atoms with van der Waals surface area (Å²) < 4.78 is 13.3. The van der Waals surface area contributed by atoms with Crippen molar-refractivity contribution < 1.29 is 9.50 Å². The van der Waals surface area contributed by atoms with Crippen LogP contribution in [0.15, 0.2) is 18.2 Å². The van der Waals surface area contributed by atoms with Crippen LogP contribution in [0.4, 0.5) is 4.39 Å². The molecule has 1 aliphatic heterocycles. The molecule has 1 unspecified atom stereocenters. The molecule has 5 heteroatoms. The molecule has 0 bridgehead atoms. The molecule has 1 aromatic rings. The van der Waals surface area contributed by atoms with Crippen LogP contribution in [-0.4, -0.2) is 42.3 Å². The van der Waals surface area contributed by atoms with Crippen molar-refractivity contribution in [2.75, 3.05) is 26.2 Å². The van der Waals surface area contributed by atoms with Crippen LogP contribution in [0, 0.1) is 17.1 Å². The zero-order valence-corrected chi connectivity index (χ0v) is 11.5. The zero-order chi connectivity index (χ0) is 14.4. The Kier molecular flexibility index (Phi) is 5.48. The predicted molar refractivity (Wildman–Crippen MR) is 74.5 cm³/mol. The fourth-order valence-corrected chi connectivity index (χ4v) is 2.64. The van der Waals surface area contributed by atoms with Gasteiger partial charge in [-0.3, -0.25) is 4.90 Å². The summed E-state index contributed by atoms with van der Waals surface area (Å²) in [6, 6.07) is 6.73. The van der Waals surface area contributed by atoms with Gasteiger partial charge in [0.05, 0.1) is 18.2 Å². The first-order valence-corrected chi connectivity index (χ1v) is 6.98. The van der Waals surface area contributed by atoms with Crippen LogP contribution in [0.5, 0.6) is 0 Å². The van der Waals surface area contributed by atoms with E-state index >= 15 is 0 Å². The summed E-state index contributed by atoms with van der Waals surface area (Å²) in [7, 11) is 0. The second-order valence-electron chi connectivity index (χ2n) is 5.17. The van der Waals surface area contributed by atoms with Crippen molar-refractivity contribution in [1.29, 1.82) is 5.26 Å². The Morgan fingerprint density at radius 3 is 3.00 bits per heavy atom. The molecule has 0 radical (unpaired) electrons.